The molecule has 0 aliphatic heterocycles. The van der Waals surface area contributed by atoms with Crippen molar-refractivity contribution in [2.24, 2.45) is 5.73 Å². The van der Waals surface area contributed by atoms with Gasteiger partial charge in [0.2, 0.25) is 0 Å². The van der Waals surface area contributed by atoms with Crippen molar-refractivity contribution in [2.75, 3.05) is 6.54 Å². The van der Waals surface area contributed by atoms with Crippen LogP contribution in [-0.2, 0) is 0 Å². The third-order valence-electron chi connectivity index (χ3n) is 4.23. The van der Waals surface area contributed by atoms with Crippen LogP contribution in [0, 0.1) is 5.82 Å². The number of carbonyl (C=O) groups is 1. The van der Waals surface area contributed by atoms with E-state index in [-0.39, 0.29) is 18.1 Å². The molecule has 2 rings (SSSR count). The fraction of sp³-hybridized carbons (Fsp3) is 0.353. The Morgan fingerprint density at radius 3 is 2.32 bits per heavy atom. The third kappa shape index (κ3) is 4.64. The van der Waals surface area contributed by atoms with Crippen LogP contribution in [0.4, 0.5) is 4.39 Å². The van der Waals surface area contributed by atoms with Crippen LogP contribution in [0.3, 0.4) is 0 Å². The first kappa shape index (κ1) is 20.8. The normalized spacial score (nSPS) is 10.9. The molecule has 1 amide bonds. The van der Waals surface area contributed by atoms with Crippen LogP contribution in [-0.4, -0.2) is 27.8 Å². The van der Waals surface area contributed by atoms with Gasteiger partial charge in [0.25, 0.3) is 11.5 Å². The molecule has 2 aromatic rings. The molecule has 0 fully saturated rings. The van der Waals surface area contributed by atoms with E-state index in [1.165, 1.54) is 36.4 Å². The molecule has 0 saturated heterocycles. The van der Waals surface area contributed by atoms with Gasteiger partial charge in [0, 0.05) is 12.6 Å². The molecule has 0 spiro atoms. The molecule has 3 N–H and O–H groups in total. The fourth-order valence-electron chi connectivity index (χ4n) is 2.37. The minimum atomic E-state index is -0.504. The molecule has 8 heteroatoms. The first-order valence-corrected chi connectivity index (χ1v) is 7.83. The van der Waals surface area contributed by atoms with E-state index < -0.39 is 22.8 Å². The van der Waals surface area contributed by atoms with Gasteiger partial charge in [-0.05, 0) is 43.2 Å². The van der Waals surface area contributed by atoms with Crippen LogP contribution >= 0.6 is 12.4 Å². The van der Waals surface area contributed by atoms with Crippen molar-refractivity contribution in [1.82, 2.24) is 15.1 Å². The average molecular weight is 369 g/mol. The van der Waals surface area contributed by atoms with E-state index >= 15 is 0 Å². The van der Waals surface area contributed by atoms with E-state index in [9.17, 15) is 14.0 Å². The molecule has 136 valence electrons. The molecular weight excluding hydrogens is 347 g/mol. The molecular formula is C17H22ClFN4O2. The lowest BCUT2D eigenvalue weighted by molar-refractivity contribution is 0.0888. The number of carbonyl (C=O) groups excluding carboxylic acids is 1. The Hall–Kier alpha value is -2.25. The summed E-state index contributed by atoms with van der Waals surface area (Å²) in [5.41, 5.74) is 5.35. The van der Waals surface area contributed by atoms with Crippen LogP contribution in [0.2, 0.25) is 0 Å². The number of nitrogens with two attached hydrogens (primary N) is 1. The van der Waals surface area contributed by atoms with E-state index in [1.807, 2.05) is 13.8 Å². The van der Waals surface area contributed by atoms with Gasteiger partial charge in [0.15, 0.2) is 0 Å². The first-order valence-electron chi connectivity index (χ1n) is 7.83. The highest BCUT2D eigenvalue weighted by molar-refractivity contribution is 5.92. The zero-order valence-corrected chi connectivity index (χ0v) is 15.0. The van der Waals surface area contributed by atoms with Gasteiger partial charge in [0.05, 0.1) is 11.2 Å². The molecule has 0 saturated carbocycles. The van der Waals surface area contributed by atoms with Crippen molar-refractivity contribution in [3.63, 3.8) is 0 Å². The number of aromatic nitrogens is 2. The number of hydrogen-bond donors (Lipinski definition) is 2. The predicted molar refractivity (Wildman–Crippen MR) is 96.9 cm³/mol. The Bertz CT molecular complexity index is 765. The Morgan fingerprint density at radius 1 is 1.20 bits per heavy atom. The second-order valence-corrected chi connectivity index (χ2v) is 5.59. The predicted octanol–water partition coefficient (Wildman–Crippen LogP) is 2.04. The van der Waals surface area contributed by atoms with Gasteiger partial charge in [-0.3, -0.25) is 9.59 Å². The summed E-state index contributed by atoms with van der Waals surface area (Å²) in [7, 11) is 0. The van der Waals surface area contributed by atoms with Crippen LogP contribution in [0.15, 0.2) is 41.2 Å². The van der Waals surface area contributed by atoms with Crippen molar-refractivity contribution in [3.8, 4) is 5.69 Å². The number of amides is 1. The SMILES string of the molecule is CCC(CC)(CN)NC(=O)c1ccc(=O)n(-c2ccc(F)cc2)n1.Cl. The number of rotatable bonds is 6. The van der Waals surface area contributed by atoms with Gasteiger partial charge in [-0.15, -0.1) is 12.4 Å². The van der Waals surface area contributed by atoms with E-state index in [2.05, 4.69) is 10.4 Å². The topological polar surface area (TPSA) is 90.0 Å². The molecule has 0 unspecified atom stereocenters. The second-order valence-electron chi connectivity index (χ2n) is 5.59. The first-order chi connectivity index (χ1) is 11.4. The highest BCUT2D eigenvalue weighted by Crippen LogP contribution is 2.14. The maximum atomic E-state index is 13.0. The van der Waals surface area contributed by atoms with Crippen LogP contribution < -0.4 is 16.6 Å². The number of hydrogen-bond acceptors (Lipinski definition) is 4. The van der Waals surface area contributed by atoms with Crippen LogP contribution in [0.5, 0.6) is 0 Å². The summed E-state index contributed by atoms with van der Waals surface area (Å²) in [6.07, 6.45) is 1.37. The molecule has 0 aliphatic carbocycles. The summed E-state index contributed by atoms with van der Waals surface area (Å²) in [5.74, 6) is -0.820. The van der Waals surface area contributed by atoms with Crippen molar-refractivity contribution < 1.29 is 9.18 Å². The lowest BCUT2D eigenvalue weighted by Gasteiger charge is -2.31. The van der Waals surface area contributed by atoms with Crippen molar-refractivity contribution in [1.29, 1.82) is 0 Å². The molecule has 0 aliphatic rings. The van der Waals surface area contributed by atoms with Crippen molar-refractivity contribution in [2.45, 2.75) is 32.2 Å². The minimum Gasteiger partial charge on any atom is -0.344 e. The van der Waals surface area contributed by atoms with E-state index in [0.717, 1.165) is 4.68 Å². The van der Waals surface area contributed by atoms with Crippen LogP contribution in [0.1, 0.15) is 37.2 Å². The van der Waals surface area contributed by atoms with Gasteiger partial charge in [-0.1, -0.05) is 13.8 Å². The Kier molecular flexibility index (Phi) is 7.26. The zero-order chi connectivity index (χ0) is 17.7. The molecule has 25 heavy (non-hydrogen) atoms. The Labute approximate surface area is 151 Å². The smallest absolute Gasteiger partial charge is 0.272 e. The summed E-state index contributed by atoms with van der Waals surface area (Å²) >= 11 is 0. The fourth-order valence-corrected chi connectivity index (χ4v) is 2.37. The lowest BCUT2D eigenvalue weighted by Crippen LogP contribution is -2.53. The summed E-state index contributed by atoms with van der Waals surface area (Å²) in [6.45, 7) is 4.20. The van der Waals surface area contributed by atoms with Gasteiger partial charge < -0.3 is 11.1 Å². The molecule has 0 bridgehead atoms. The number of benzene rings is 1. The number of halogens is 2. The molecule has 0 radical (unpaired) electrons. The number of nitrogens with zero attached hydrogens (tertiary/aromatic N) is 2. The standard InChI is InChI=1S/C17H21FN4O2.ClH/c1-3-17(4-2,11-19)20-16(24)14-9-10-15(23)22(21-14)13-7-5-12(18)6-8-13;/h5-10H,3-4,11,19H2,1-2H3,(H,20,24);1H. The maximum Gasteiger partial charge on any atom is 0.272 e. The average Bonchev–Trinajstić information content (AvgIpc) is 2.61. The summed E-state index contributed by atoms with van der Waals surface area (Å²) in [5, 5.41) is 6.99. The highest BCUT2D eigenvalue weighted by Gasteiger charge is 2.27. The Morgan fingerprint density at radius 2 is 1.80 bits per heavy atom. The van der Waals surface area contributed by atoms with Crippen molar-refractivity contribution in [3.05, 3.63) is 58.3 Å². The summed E-state index contributed by atoms with van der Waals surface area (Å²) < 4.78 is 14.1. The van der Waals surface area contributed by atoms with E-state index in [4.69, 9.17) is 5.73 Å². The molecule has 1 aromatic heterocycles. The second kappa shape index (κ2) is 8.73. The monoisotopic (exact) mass is 368 g/mol. The van der Waals surface area contributed by atoms with Gasteiger partial charge in [-0.2, -0.15) is 9.78 Å². The van der Waals surface area contributed by atoms with E-state index in [1.54, 1.807) is 0 Å². The quantitative estimate of drug-likeness (QED) is 0.816. The Balaban J connectivity index is 0.00000312. The molecule has 0 atom stereocenters. The van der Waals surface area contributed by atoms with Gasteiger partial charge in [0.1, 0.15) is 11.5 Å². The highest BCUT2D eigenvalue weighted by atomic mass is 35.5. The minimum absolute atomic E-state index is 0. The largest absolute Gasteiger partial charge is 0.344 e. The van der Waals surface area contributed by atoms with E-state index in [0.29, 0.717) is 25.1 Å². The maximum absolute atomic E-state index is 13.0. The van der Waals surface area contributed by atoms with Gasteiger partial charge in [-0.25, -0.2) is 4.39 Å². The van der Waals surface area contributed by atoms with Crippen LogP contribution in [0.25, 0.3) is 5.69 Å². The van der Waals surface area contributed by atoms with Crippen molar-refractivity contribution >= 4 is 18.3 Å². The molecule has 1 heterocycles. The lowest BCUT2D eigenvalue weighted by atomic mass is 9.93. The molecule has 6 nitrogen and oxygen atoms in total. The summed E-state index contributed by atoms with van der Waals surface area (Å²) in [4.78, 5) is 24.5. The summed E-state index contributed by atoms with van der Waals surface area (Å²) in [6, 6.07) is 7.92. The molecule has 1 aromatic carbocycles. The van der Waals surface area contributed by atoms with Gasteiger partial charge >= 0.3 is 0 Å². The third-order valence-corrected chi connectivity index (χ3v) is 4.23. The zero-order valence-electron chi connectivity index (χ0n) is 14.2. The number of nitrogens with one attached hydrogen (secondary N) is 1.